The Bertz CT molecular complexity index is 1200. The zero-order chi connectivity index (χ0) is 51.8. The number of carbonyl (C=O) groups is 1. The number of hydrogen-bond donors (Lipinski definition) is 8. The number of ether oxygens (including phenoxy) is 2. The minimum absolute atomic E-state index is 0.249. The van der Waals surface area contributed by atoms with Crippen LogP contribution in [-0.4, -0.2) is 110 Å². The fraction of sp³-hybridized carbons (Fsp3) is 0.917. The molecule has 1 rings (SSSR count). The van der Waals surface area contributed by atoms with Crippen LogP contribution in [0.3, 0.4) is 0 Å². The lowest BCUT2D eigenvalue weighted by atomic mass is 9.98. The molecule has 0 aliphatic carbocycles. The molecule has 0 spiro atoms. The molecule has 0 bridgehead atoms. The Morgan fingerprint density at radius 2 is 0.845 bits per heavy atom. The van der Waals surface area contributed by atoms with Gasteiger partial charge in [-0.05, 0) is 51.4 Å². The highest BCUT2D eigenvalue weighted by Gasteiger charge is 2.44. The zero-order valence-electron chi connectivity index (χ0n) is 46.0. The normalized spacial score (nSPS) is 20.3. The van der Waals surface area contributed by atoms with E-state index in [1.807, 2.05) is 0 Å². The maximum Gasteiger partial charge on any atom is 0.249 e. The van der Waals surface area contributed by atoms with Crippen LogP contribution in [-0.2, 0) is 14.3 Å². The molecule has 1 amide bonds. The van der Waals surface area contributed by atoms with E-state index in [0.717, 1.165) is 38.5 Å². The molecule has 11 nitrogen and oxygen atoms in total. The van der Waals surface area contributed by atoms with E-state index in [1.54, 1.807) is 0 Å². The van der Waals surface area contributed by atoms with Gasteiger partial charge in [-0.1, -0.05) is 256 Å². The first-order chi connectivity index (χ1) is 34.7. The summed E-state index contributed by atoms with van der Waals surface area (Å²) in [5, 5.41) is 76.2. The number of aliphatic hydroxyl groups excluding tert-OH is 7. The molecule has 420 valence electrons. The summed E-state index contributed by atoms with van der Waals surface area (Å²) in [5.74, 6) is -0.705. The molecule has 0 radical (unpaired) electrons. The van der Waals surface area contributed by atoms with Gasteiger partial charge in [-0.3, -0.25) is 4.79 Å². The lowest BCUT2D eigenvalue weighted by Gasteiger charge is -2.40. The average molecular weight is 1010 g/mol. The summed E-state index contributed by atoms with van der Waals surface area (Å²) in [5.41, 5.74) is 0. The van der Waals surface area contributed by atoms with Crippen molar-refractivity contribution in [3.8, 4) is 0 Å². The van der Waals surface area contributed by atoms with Gasteiger partial charge in [0.05, 0.1) is 25.4 Å². The molecule has 1 heterocycles. The van der Waals surface area contributed by atoms with Crippen LogP contribution in [0.4, 0.5) is 0 Å². The number of carbonyl (C=O) groups excluding carboxylic acids is 1. The third-order valence-electron chi connectivity index (χ3n) is 14.7. The van der Waals surface area contributed by atoms with E-state index in [2.05, 4.69) is 43.5 Å². The van der Waals surface area contributed by atoms with Gasteiger partial charge in [0.2, 0.25) is 5.91 Å². The summed E-state index contributed by atoms with van der Waals surface area (Å²) in [6.07, 6.45) is 48.1. The quantitative estimate of drug-likeness (QED) is 0.0215. The Labute approximate surface area is 435 Å². The highest BCUT2D eigenvalue weighted by molar-refractivity contribution is 5.80. The first-order valence-corrected chi connectivity index (χ1v) is 30.2. The van der Waals surface area contributed by atoms with Gasteiger partial charge >= 0.3 is 0 Å². The van der Waals surface area contributed by atoms with Crippen molar-refractivity contribution in [3.05, 3.63) is 24.3 Å². The number of hydrogen-bond acceptors (Lipinski definition) is 10. The zero-order valence-corrected chi connectivity index (χ0v) is 46.0. The highest BCUT2D eigenvalue weighted by atomic mass is 16.7. The van der Waals surface area contributed by atoms with Gasteiger partial charge in [0.25, 0.3) is 0 Å². The van der Waals surface area contributed by atoms with Crippen LogP contribution in [0.15, 0.2) is 24.3 Å². The Hall–Kier alpha value is -1.41. The van der Waals surface area contributed by atoms with Gasteiger partial charge < -0.3 is 50.5 Å². The van der Waals surface area contributed by atoms with Crippen LogP contribution < -0.4 is 5.32 Å². The fourth-order valence-electron chi connectivity index (χ4n) is 9.81. The van der Waals surface area contributed by atoms with E-state index in [0.29, 0.717) is 19.3 Å². The topological polar surface area (TPSA) is 189 Å². The minimum atomic E-state index is -1.67. The summed E-state index contributed by atoms with van der Waals surface area (Å²) in [6.45, 7) is 3.47. The highest BCUT2D eigenvalue weighted by Crippen LogP contribution is 2.23. The Kier molecular flexibility index (Phi) is 47.1. The standard InChI is InChI=1S/C60H115NO10/c1-3-5-7-9-11-13-15-17-19-21-23-25-26-27-28-30-31-33-35-37-39-41-43-45-47-52(63)55(65)51(50-70-60-58(68)57(67)56(66)54(49-62)71-60)61-59(69)53(64)48-46-44-42-40-38-36-34-32-29-24-22-20-18-16-14-12-10-8-6-4-2/h31,33,39,41,51-58,60,62-68H,3-30,32,34-38,40,42-50H2,1-2H3,(H,61,69)/b33-31+,41-39+. The molecule has 1 saturated heterocycles. The van der Waals surface area contributed by atoms with E-state index in [-0.39, 0.29) is 12.8 Å². The van der Waals surface area contributed by atoms with Crippen molar-refractivity contribution >= 4 is 5.91 Å². The number of nitrogens with one attached hydrogen (secondary N) is 1. The van der Waals surface area contributed by atoms with Crippen molar-refractivity contribution in [2.24, 2.45) is 0 Å². The Morgan fingerprint density at radius 3 is 1.25 bits per heavy atom. The van der Waals surface area contributed by atoms with Crippen molar-refractivity contribution in [2.45, 2.75) is 339 Å². The molecule has 1 fully saturated rings. The molecular formula is C60H115NO10. The van der Waals surface area contributed by atoms with E-state index in [9.17, 15) is 40.5 Å². The van der Waals surface area contributed by atoms with E-state index >= 15 is 0 Å². The number of aliphatic hydroxyl groups is 7. The summed E-state index contributed by atoms with van der Waals surface area (Å²) in [7, 11) is 0. The van der Waals surface area contributed by atoms with E-state index < -0.39 is 74.2 Å². The molecule has 9 unspecified atom stereocenters. The second-order valence-electron chi connectivity index (χ2n) is 21.4. The number of rotatable bonds is 52. The van der Waals surface area contributed by atoms with Crippen LogP contribution in [0.25, 0.3) is 0 Å². The summed E-state index contributed by atoms with van der Waals surface area (Å²) in [6, 6.07) is -1.19. The molecule has 11 heteroatoms. The predicted molar refractivity (Wildman–Crippen MR) is 293 cm³/mol. The van der Waals surface area contributed by atoms with Crippen LogP contribution >= 0.6 is 0 Å². The fourth-order valence-corrected chi connectivity index (χ4v) is 9.81. The van der Waals surface area contributed by atoms with Gasteiger partial charge in [-0.2, -0.15) is 0 Å². The number of amides is 1. The van der Waals surface area contributed by atoms with Gasteiger partial charge in [0.15, 0.2) is 6.29 Å². The van der Waals surface area contributed by atoms with Gasteiger partial charge in [-0.15, -0.1) is 0 Å². The van der Waals surface area contributed by atoms with Crippen LogP contribution in [0.2, 0.25) is 0 Å². The maximum absolute atomic E-state index is 13.2. The number of unbranched alkanes of at least 4 members (excludes halogenated alkanes) is 36. The third-order valence-corrected chi connectivity index (χ3v) is 14.7. The van der Waals surface area contributed by atoms with Crippen molar-refractivity contribution < 1.29 is 50.0 Å². The Balaban J connectivity index is 2.32. The lowest BCUT2D eigenvalue weighted by molar-refractivity contribution is -0.303. The molecule has 71 heavy (non-hydrogen) atoms. The predicted octanol–water partition coefficient (Wildman–Crippen LogP) is 12.9. The van der Waals surface area contributed by atoms with Gasteiger partial charge in [0, 0.05) is 0 Å². The second-order valence-corrected chi connectivity index (χ2v) is 21.4. The van der Waals surface area contributed by atoms with Crippen molar-refractivity contribution in [2.75, 3.05) is 13.2 Å². The second kappa shape index (κ2) is 49.5. The molecule has 0 aromatic carbocycles. The van der Waals surface area contributed by atoms with Crippen LogP contribution in [0.5, 0.6) is 0 Å². The molecular weight excluding hydrogens is 895 g/mol. The van der Waals surface area contributed by atoms with Crippen molar-refractivity contribution in [1.29, 1.82) is 0 Å². The van der Waals surface area contributed by atoms with E-state index in [1.165, 1.54) is 199 Å². The first kappa shape index (κ1) is 67.6. The lowest BCUT2D eigenvalue weighted by Crippen LogP contribution is -2.60. The molecule has 9 atom stereocenters. The summed E-state index contributed by atoms with van der Waals surface area (Å²) in [4.78, 5) is 13.2. The molecule has 0 aromatic heterocycles. The largest absolute Gasteiger partial charge is 0.394 e. The molecule has 1 aliphatic rings. The molecule has 0 saturated carbocycles. The summed E-state index contributed by atoms with van der Waals surface area (Å²) < 4.78 is 11.1. The first-order valence-electron chi connectivity index (χ1n) is 30.2. The molecule has 8 N–H and O–H groups in total. The van der Waals surface area contributed by atoms with Gasteiger partial charge in [-0.25, -0.2) is 0 Å². The maximum atomic E-state index is 13.2. The summed E-state index contributed by atoms with van der Waals surface area (Å²) >= 11 is 0. The SMILES string of the molecule is CCCCCCCCCCCCCCCCC/C=C/CC/C=C/CCCC(O)C(O)C(COC1OC(CO)C(O)C(O)C1O)NC(=O)C(O)CCCCCCCCCCCCCCCCCCCCCC. The van der Waals surface area contributed by atoms with E-state index in [4.69, 9.17) is 9.47 Å². The average Bonchev–Trinajstić information content (AvgIpc) is 3.37. The molecule has 0 aromatic rings. The van der Waals surface area contributed by atoms with Crippen LogP contribution in [0, 0.1) is 0 Å². The van der Waals surface area contributed by atoms with Crippen molar-refractivity contribution in [1.82, 2.24) is 5.32 Å². The van der Waals surface area contributed by atoms with Gasteiger partial charge in [0.1, 0.15) is 36.6 Å². The smallest absolute Gasteiger partial charge is 0.249 e. The Morgan fingerprint density at radius 1 is 0.479 bits per heavy atom. The van der Waals surface area contributed by atoms with Crippen LogP contribution in [0.1, 0.15) is 284 Å². The monoisotopic (exact) mass is 1010 g/mol. The molecule has 1 aliphatic heterocycles. The minimum Gasteiger partial charge on any atom is -0.394 e. The van der Waals surface area contributed by atoms with Crippen molar-refractivity contribution in [3.63, 3.8) is 0 Å². The number of allylic oxidation sites excluding steroid dienone is 4. The third kappa shape index (κ3) is 37.9.